The summed E-state index contributed by atoms with van der Waals surface area (Å²) in [5.74, 6) is -0.537. The summed E-state index contributed by atoms with van der Waals surface area (Å²) in [5, 5.41) is 10.1. The summed E-state index contributed by atoms with van der Waals surface area (Å²) in [6.45, 7) is 0. The Kier molecular flexibility index (Phi) is 5.15. The molecular formula is C22H20F2N4O2. The van der Waals surface area contributed by atoms with Crippen LogP contribution in [-0.4, -0.2) is 32.1 Å². The maximum atomic E-state index is 14.3. The highest BCUT2D eigenvalue weighted by atomic mass is 19.1. The highest BCUT2D eigenvalue weighted by Crippen LogP contribution is 2.48. The number of amides is 1. The first-order valence-electron chi connectivity index (χ1n) is 9.57. The average molecular weight is 410 g/mol. The Morgan fingerprint density at radius 2 is 1.93 bits per heavy atom. The number of rotatable bonds is 6. The van der Waals surface area contributed by atoms with Gasteiger partial charge in [-0.05, 0) is 49.6 Å². The first-order valence-corrected chi connectivity index (χ1v) is 9.57. The fourth-order valence-corrected chi connectivity index (χ4v) is 3.97. The number of nitrogens with two attached hydrogens (primary N) is 1. The zero-order valence-electron chi connectivity index (χ0n) is 16.1. The van der Waals surface area contributed by atoms with Gasteiger partial charge in [-0.25, -0.2) is 18.7 Å². The summed E-state index contributed by atoms with van der Waals surface area (Å²) in [5.41, 5.74) is 6.11. The van der Waals surface area contributed by atoms with E-state index in [1.54, 1.807) is 0 Å². The molecule has 1 aromatic carbocycles. The number of phenolic OH excluding ortho intramolecular Hbond substituents is 1. The molecule has 3 N–H and O–H groups in total. The summed E-state index contributed by atoms with van der Waals surface area (Å²) in [6.07, 6.45) is 4.99. The van der Waals surface area contributed by atoms with Crippen molar-refractivity contribution in [3.05, 3.63) is 71.8 Å². The highest BCUT2D eigenvalue weighted by molar-refractivity contribution is 5.94. The number of halogens is 2. The SMILES string of the molecule is NC(=O)c1ccc(O)c(-c2cnc(CCC3(c4ncccc4F)CC(F)C3)nc2)c1. The lowest BCUT2D eigenvalue weighted by Gasteiger charge is -2.44. The zero-order valence-corrected chi connectivity index (χ0v) is 16.1. The fraction of sp³-hybridized carbons (Fsp3) is 0.273. The summed E-state index contributed by atoms with van der Waals surface area (Å²) >= 11 is 0. The van der Waals surface area contributed by atoms with E-state index >= 15 is 0 Å². The highest BCUT2D eigenvalue weighted by Gasteiger charge is 2.48. The van der Waals surface area contributed by atoms with Gasteiger partial charge in [-0.2, -0.15) is 0 Å². The predicted molar refractivity (Wildman–Crippen MR) is 106 cm³/mol. The Morgan fingerprint density at radius 1 is 1.20 bits per heavy atom. The minimum absolute atomic E-state index is 0.0237. The van der Waals surface area contributed by atoms with Crippen molar-refractivity contribution in [2.45, 2.75) is 37.3 Å². The number of phenols is 1. The van der Waals surface area contributed by atoms with Crippen molar-refractivity contribution in [3.63, 3.8) is 0 Å². The minimum Gasteiger partial charge on any atom is -0.507 e. The van der Waals surface area contributed by atoms with Gasteiger partial charge in [-0.15, -0.1) is 0 Å². The van der Waals surface area contributed by atoms with Crippen LogP contribution in [0.4, 0.5) is 8.78 Å². The number of hydrogen-bond acceptors (Lipinski definition) is 5. The lowest BCUT2D eigenvalue weighted by molar-refractivity contribution is 0.0792. The lowest BCUT2D eigenvalue weighted by atomic mass is 9.62. The molecule has 4 rings (SSSR count). The maximum absolute atomic E-state index is 14.3. The second-order valence-electron chi connectivity index (χ2n) is 7.60. The van der Waals surface area contributed by atoms with Gasteiger partial charge in [-0.1, -0.05) is 0 Å². The molecule has 0 unspecified atom stereocenters. The van der Waals surface area contributed by atoms with Crippen LogP contribution in [-0.2, 0) is 11.8 Å². The van der Waals surface area contributed by atoms with E-state index in [1.807, 2.05) is 0 Å². The third-order valence-corrected chi connectivity index (χ3v) is 5.61. The summed E-state index contributed by atoms with van der Waals surface area (Å²) in [4.78, 5) is 24.2. The van der Waals surface area contributed by atoms with Gasteiger partial charge in [0.1, 0.15) is 23.6 Å². The Morgan fingerprint density at radius 3 is 2.57 bits per heavy atom. The van der Waals surface area contributed by atoms with Crippen LogP contribution >= 0.6 is 0 Å². The van der Waals surface area contributed by atoms with Crippen LogP contribution < -0.4 is 5.73 Å². The maximum Gasteiger partial charge on any atom is 0.248 e. The zero-order chi connectivity index (χ0) is 21.3. The van der Waals surface area contributed by atoms with E-state index in [-0.39, 0.29) is 24.2 Å². The van der Waals surface area contributed by atoms with Gasteiger partial charge >= 0.3 is 0 Å². The third kappa shape index (κ3) is 3.72. The molecule has 1 aliphatic rings. The first-order chi connectivity index (χ1) is 14.4. The minimum atomic E-state index is -0.963. The lowest BCUT2D eigenvalue weighted by Crippen LogP contribution is -2.44. The Balaban J connectivity index is 1.52. The van der Waals surface area contributed by atoms with Crippen molar-refractivity contribution in [3.8, 4) is 16.9 Å². The van der Waals surface area contributed by atoms with Crippen LogP contribution in [0.5, 0.6) is 5.75 Å². The van der Waals surface area contributed by atoms with Crippen molar-refractivity contribution in [1.29, 1.82) is 0 Å². The van der Waals surface area contributed by atoms with Gasteiger partial charge in [0, 0.05) is 47.1 Å². The van der Waals surface area contributed by atoms with Crippen LogP contribution in [0.2, 0.25) is 0 Å². The summed E-state index contributed by atoms with van der Waals surface area (Å²) in [7, 11) is 0. The number of aryl methyl sites for hydroxylation is 1. The molecule has 0 bridgehead atoms. The van der Waals surface area contributed by atoms with Gasteiger partial charge in [0.05, 0.1) is 5.69 Å². The number of nitrogens with zero attached hydrogens (tertiary/aromatic N) is 3. The third-order valence-electron chi connectivity index (χ3n) is 5.61. The van der Waals surface area contributed by atoms with E-state index in [0.29, 0.717) is 35.5 Å². The first kappa shape index (κ1) is 19.9. The number of pyridine rings is 1. The van der Waals surface area contributed by atoms with E-state index in [2.05, 4.69) is 15.0 Å². The summed E-state index contributed by atoms with van der Waals surface area (Å²) in [6, 6.07) is 7.16. The Hall–Kier alpha value is -3.42. The molecule has 2 heterocycles. The quantitative estimate of drug-likeness (QED) is 0.648. The number of carbonyl (C=O) groups excluding carboxylic acids is 1. The molecule has 0 aliphatic heterocycles. The number of alkyl halides is 1. The van der Waals surface area contributed by atoms with Crippen LogP contribution in [0, 0.1) is 5.82 Å². The van der Waals surface area contributed by atoms with E-state index in [1.165, 1.54) is 48.9 Å². The molecule has 154 valence electrons. The van der Waals surface area contributed by atoms with Crippen molar-refractivity contribution in [2.24, 2.45) is 5.73 Å². The van der Waals surface area contributed by atoms with Gasteiger partial charge in [0.2, 0.25) is 5.91 Å². The van der Waals surface area contributed by atoms with Gasteiger partial charge in [-0.3, -0.25) is 9.78 Å². The molecule has 0 atom stereocenters. The second kappa shape index (κ2) is 7.78. The van der Waals surface area contributed by atoms with Gasteiger partial charge in [0.15, 0.2) is 0 Å². The van der Waals surface area contributed by atoms with Crippen molar-refractivity contribution in [1.82, 2.24) is 15.0 Å². The topological polar surface area (TPSA) is 102 Å². The van der Waals surface area contributed by atoms with Crippen LogP contribution in [0.15, 0.2) is 48.9 Å². The fourth-order valence-electron chi connectivity index (χ4n) is 3.97. The molecule has 3 aromatic rings. The molecule has 30 heavy (non-hydrogen) atoms. The van der Waals surface area contributed by atoms with Crippen molar-refractivity contribution >= 4 is 5.91 Å². The number of benzene rings is 1. The second-order valence-corrected chi connectivity index (χ2v) is 7.60. The van der Waals surface area contributed by atoms with E-state index in [4.69, 9.17) is 5.73 Å². The molecule has 6 nitrogen and oxygen atoms in total. The average Bonchev–Trinajstić information content (AvgIpc) is 2.71. The molecule has 0 radical (unpaired) electrons. The van der Waals surface area contributed by atoms with Crippen LogP contribution in [0.3, 0.4) is 0 Å². The molecule has 2 aromatic heterocycles. The van der Waals surface area contributed by atoms with Gasteiger partial charge < -0.3 is 10.8 Å². The van der Waals surface area contributed by atoms with Crippen LogP contribution in [0.1, 0.15) is 41.1 Å². The molecule has 1 saturated carbocycles. The number of primary amides is 1. The monoisotopic (exact) mass is 410 g/mol. The Labute approximate surface area is 171 Å². The van der Waals surface area contributed by atoms with Crippen molar-refractivity contribution < 1.29 is 18.7 Å². The van der Waals surface area contributed by atoms with Gasteiger partial charge in [0.25, 0.3) is 0 Å². The van der Waals surface area contributed by atoms with E-state index in [9.17, 15) is 18.7 Å². The Bertz CT molecular complexity index is 1080. The number of aromatic nitrogens is 3. The van der Waals surface area contributed by atoms with E-state index in [0.717, 1.165) is 0 Å². The molecule has 1 aliphatic carbocycles. The number of aromatic hydroxyl groups is 1. The molecule has 8 heteroatoms. The number of hydrogen-bond donors (Lipinski definition) is 2. The molecule has 1 amide bonds. The smallest absolute Gasteiger partial charge is 0.248 e. The molecule has 0 spiro atoms. The van der Waals surface area contributed by atoms with Crippen LogP contribution in [0.25, 0.3) is 11.1 Å². The normalized spacial score (nSPS) is 20.5. The molecule has 0 saturated heterocycles. The predicted octanol–water partition coefficient (Wildman–Crippen LogP) is 3.48. The van der Waals surface area contributed by atoms with Crippen molar-refractivity contribution in [2.75, 3.05) is 0 Å². The molecular weight excluding hydrogens is 390 g/mol. The largest absolute Gasteiger partial charge is 0.507 e. The summed E-state index contributed by atoms with van der Waals surface area (Å²) < 4.78 is 27.9. The van der Waals surface area contributed by atoms with E-state index < -0.39 is 23.3 Å². The number of carbonyl (C=O) groups is 1. The standard InChI is InChI=1S/C22H20F2N4O2/c23-15-9-22(10-15,20-17(24)2-1-7-26-20)6-5-19-27-11-14(12-28-19)16-8-13(21(25)30)3-4-18(16)29/h1-4,7-8,11-12,15,29H,5-6,9-10H2,(H2,25,30). The molecule has 1 fully saturated rings.